The molecule has 5 heteroatoms. The van der Waals surface area contributed by atoms with E-state index in [4.69, 9.17) is 5.11 Å². The van der Waals surface area contributed by atoms with Gasteiger partial charge in [-0.05, 0) is 31.0 Å². The van der Waals surface area contributed by atoms with Crippen LogP contribution in [0, 0.1) is 5.92 Å². The summed E-state index contributed by atoms with van der Waals surface area (Å²) >= 11 is 0. The Morgan fingerprint density at radius 2 is 1.95 bits per heavy atom. The summed E-state index contributed by atoms with van der Waals surface area (Å²) in [5.74, 6) is -0.271. The zero-order valence-corrected chi connectivity index (χ0v) is 12.7. The van der Waals surface area contributed by atoms with Gasteiger partial charge >= 0.3 is 0 Å². The molecule has 118 valence electrons. The van der Waals surface area contributed by atoms with E-state index in [9.17, 15) is 9.59 Å². The lowest BCUT2D eigenvalue weighted by Crippen LogP contribution is -2.33. The van der Waals surface area contributed by atoms with Crippen LogP contribution in [0.25, 0.3) is 0 Å². The molecule has 1 aromatic carbocycles. The number of benzene rings is 1. The first-order valence-electron chi connectivity index (χ1n) is 7.62. The second-order valence-electron chi connectivity index (χ2n) is 5.48. The third-order valence-corrected chi connectivity index (χ3v) is 3.65. The van der Waals surface area contributed by atoms with Crippen molar-refractivity contribution in [2.24, 2.45) is 5.92 Å². The predicted molar refractivity (Wildman–Crippen MR) is 84.7 cm³/mol. The van der Waals surface area contributed by atoms with E-state index in [0.717, 1.165) is 6.42 Å². The lowest BCUT2D eigenvalue weighted by Gasteiger charge is -2.13. The molecule has 0 radical (unpaired) electrons. The molecule has 0 spiro atoms. The molecule has 0 heterocycles. The van der Waals surface area contributed by atoms with Crippen molar-refractivity contribution in [1.82, 2.24) is 10.6 Å². The van der Waals surface area contributed by atoms with Gasteiger partial charge in [0.25, 0.3) is 11.8 Å². The fourth-order valence-corrected chi connectivity index (χ4v) is 2.41. The normalized spacial score (nSPS) is 19.9. The zero-order chi connectivity index (χ0) is 15.9. The molecule has 0 saturated carbocycles. The summed E-state index contributed by atoms with van der Waals surface area (Å²) in [7, 11) is 0. The number of hydrogen-bond acceptors (Lipinski definition) is 3. The molecule has 2 atom stereocenters. The van der Waals surface area contributed by atoms with Crippen molar-refractivity contribution in [2.45, 2.75) is 25.8 Å². The molecule has 2 rings (SSSR count). The minimum Gasteiger partial charge on any atom is -0.396 e. The van der Waals surface area contributed by atoms with Crippen LogP contribution in [0.3, 0.4) is 0 Å². The van der Waals surface area contributed by atoms with E-state index in [1.165, 1.54) is 0 Å². The molecule has 1 aliphatic carbocycles. The quantitative estimate of drug-likeness (QED) is 0.697. The molecule has 1 aromatic rings. The van der Waals surface area contributed by atoms with Gasteiger partial charge in [0.05, 0.1) is 0 Å². The molecule has 0 fully saturated rings. The first kappa shape index (κ1) is 16.2. The average Bonchev–Trinajstić information content (AvgIpc) is 3.00. The van der Waals surface area contributed by atoms with Crippen LogP contribution in [0.4, 0.5) is 0 Å². The van der Waals surface area contributed by atoms with Crippen LogP contribution in [0.5, 0.6) is 0 Å². The van der Waals surface area contributed by atoms with Crippen molar-refractivity contribution in [2.75, 3.05) is 13.2 Å². The topological polar surface area (TPSA) is 78.4 Å². The molecule has 5 nitrogen and oxygen atoms in total. The fourth-order valence-electron chi connectivity index (χ4n) is 2.41. The van der Waals surface area contributed by atoms with Crippen LogP contribution >= 0.6 is 0 Å². The summed E-state index contributed by atoms with van der Waals surface area (Å²) in [6, 6.07) is 6.62. The van der Waals surface area contributed by atoms with Crippen LogP contribution in [0.1, 0.15) is 40.5 Å². The minimum absolute atomic E-state index is 0.0674. The number of aliphatic hydroxyl groups is 1. The van der Waals surface area contributed by atoms with Gasteiger partial charge in [-0.25, -0.2) is 0 Å². The number of aliphatic hydroxyl groups excluding tert-OH is 1. The Morgan fingerprint density at radius 1 is 1.23 bits per heavy atom. The van der Waals surface area contributed by atoms with Gasteiger partial charge in [-0.2, -0.15) is 0 Å². The summed E-state index contributed by atoms with van der Waals surface area (Å²) in [4.78, 5) is 24.2. The van der Waals surface area contributed by atoms with E-state index < -0.39 is 0 Å². The van der Waals surface area contributed by atoms with E-state index in [1.54, 1.807) is 24.3 Å². The molecule has 0 unspecified atom stereocenters. The highest BCUT2D eigenvalue weighted by atomic mass is 16.3. The van der Waals surface area contributed by atoms with Gasteiger partial charge in [-0.1, -0.05) is 25.1 Å². The fraction of sp³-hybridized carbons (Fsp3) is 0.412. The Morgan fingerprint density at radius 3 is 2.59 bits per heavy atom. The highest BCUT2D eigenvalue weighted by Crippen LogP contribution is 2.17. The Bertz CT molecular complexity index is 569. The van der Waals surface area contributed by atoms with Gasteiger partial charge < -0.3 is 15.7 Å². The van der Waals surface area contributed by atoms with Crippen molar-refractivity contribution in [3.63, 3.8) is 0 Å². The molecule has 22 heavy (non-hydrogen) atoms. The Hall–Kier alpha value is -2.14. The van der Waals surface area contributed by atoms with E-state index in [1.807, 2.05) is 19.1 Å². The molecule has 0 aromatic heterocycles. The molecular weight excluding hydrogens is 280 g/mol. The van der Waals surface area contributed by atoms with Crippen LogP contribution in [-0.2, 0) is 0 Å². The van der Waals surface area contributed by atoms with E-state index in [2.05, 4.69) is 10.6 Å². The maximum absolute atomic E-state index is 12.2. The van der Waals surface area contributed by atoms with Gasteiger partial charge in [0.15, 0.2) is 0 Å². The maximum Gasteiger partial charge on any atom is 0.251 e. The van der Waals surface area contributed by atoms with Crippen molar-refractivity contribution in [3.8, 4) is 0 Å². The number of carbonyl (C=O) groups excluding carboxylic acids is 2. The van der Waals surface area contributed by atoms with Crippen molar-refractivity contribution in [1.29, 1.82) is 0 Å². The lowest BCUT2D eigenvalue weighted by atomic mass is 10.1. The maximum atomic E-state index is 12.2. The Kier molecular flexibility index (Phi) is 5.72. The molecule has 0 bridgehead atoms. The Balaban J connectivity index is 1.98. The van der Waals surface area contributed by atoms with Crippen LogP contribution in [0.15, 0.2) is 36.4 Å². The highest BCUT2D eigenvalue weighted by molar-refractivity contribution is 5.99. The lowest BCUT2D eigenvalue weighted by molar-refractivity contribution is 0.0941. The number of hydrogen-bond donors (Lipinski definition) is 3. The van der Waals surface area contributed by atoms with Crippen molar-refractivity contribution >= 4 is 11.8 Å². The van der Waals surface area contributed by atoms with Crippen LogP contribution in [0.2, 0.25) is 0 Å². The van der Waals surface area contributed by atoms with E-state index in [-0.39, 0.29) is 30.4 Å². The number of amides is 2. The van der Waals surface area contributed by atoms with Crippen LogP contribution in [-0.4, -0.2) is 36.1 Å². The van der Waals surface area contributed by atoms with Crippen molar-refractivity contribution in [3.05, 3.63) is 47.5 Å². The summed E-state index contributed by atoms with van der Waals surface area (Å²) in [5, 5.41) is 14.8. The van der Waals surface area contributed by atoms with Gasteiger partial charge in [0.2, 0.25) is 0 Å². The minimum atomic E-state index is -0.210. The van der Waals surface area contributed by atoms with Gasteiger partial charge in [-0.15, -0.1) is 0 Å². The standard InChI is InChI=1S/C17H22N2O3/c1-2-8-18-16(21)13-4-3-5-14(10-13)17(22)19-15-7-6-12(9-15)11-20/h3-7,10,12,15,20H,2,8-9,11H2,1H3,(H,18,21)(H,19,22)/t12-,15+/m0/s1. The summed E-state index contributed by atoms with van der Waals surface area (Å²) in [6.07, 6.45) is 5.39. The van der Waals surface area contributed by atoms with E-state index >= 15 is 0 Å². The van der Waals surface area contributed by atoms with Crippen LogP contribution < -0.4 is 10.6 Å². The first-order chi connectivity index (χ1) is 10.6. The largest absolute Gasteiger partial charge is 0.396 e. The SMILES string of the molecule is CCCNC(=O)c1cccc(C(=O)N[C@@H]2C=C[C@H](CO)C2)c1. The molecule has 0 saturated heterocycles. The summed E-state index contributed by atoms with van der Waals surface area (Å²) in [5.41, 5.74) is 0.946. The second kappa shape index (κ2) is 7.75. The average molecular weight is 302 g/mol. The number of nitrogens with one attached hydrogen (secondary N) is 2. The Labute approximate surface area is 130 Å². The smallest absolute Gasteiger partial charge is 0.251 e. The number of rotatable bonds is 6. The monoisotopic (exact) mass is 302 g/mol. The molecule has 1 aliphatic rings. The van der Waals surface area contributed by atoms with E-state index in [0.29, 0.717) is 24.1 Å². The predicted octanol–water partition coefficient (Wildman–Crippen LogP) is 1.49. The molecule has 0 aliphatic heterocycles. The summed E-state index contributed by atoms with van der Waals surface area (Å²) < 4.78 is 0. The second-order valence-corrected chi connectivity index (χ2v) is 5.48. The first-order valence-corrected chi connectivity index (χ1v) is 7.62. The van der Waals surface area contributed by atoms with Gasteiger partial charge in [0, 0.05) is 36.2 Å². The highest BCUT2D eigenvalue weighted by Gasteiger charge is 2.20. The van der Waals surface area contributed by atoms with Crippen molar-refractivity contribution < 1.29 is 14.7 Å². The molecule has 2 amide bonds. The summed E-state index contributed by atoms with van der Waals surface area (Å²) in [6.45, 7) is 2.69. The third-order valence-electron chi connectivity index (χ3n) is 3.65. The molecular formula is C17H22N2O3. The zero-order valence-electron chi connectivity index (χ0n) is 12.7. The van der Waals surface area contributed by atoms with Gasteiger partial charge in [-0.3, -0.25) is 9.59 Å². The number of carbonyl (C=O) groups is 2. The third kappa shape index (κ3) is 4.18. The van der Waals surface area contributed by atoms with Gasteiger partial charge in [0.1, 0.15) is 0 Å². The molecule has 3 N–H and O–H groups in total.